The van der Waals surface area contributed by atoms with Crippen molar-refractivity contribution in [1.29, 1.82) is 0 Å². The minimum absolute atomic E-state index is 0.110. The summed E-state index contributed by atoms with van der Waals surface area (Å²) in [5.74, 6) is 1.01. The number of amides is 1. The van der Waals surface area contributed by atoms with Crippen molar-refractivity contribution in [3.8, 4) is 0 Å². The number of piperidine rings is 1. The molecule has 1 aliphatic rings. The molecular weight excluding hydrogens is 311 g/mol. The van der Waals surface area contributed by atoms with Crippen molar-refractivity contribution < 1.29 is 9.18 Å². The van der Waals surface area contributed by atoms with E-state index in [9.17, 15) is 9.18 Å². The number of hydrogen-bond acceptors (Lipinski definition) is 3. The van der Waals surface area contributed by atoms with Crippen LogP contribution in [-0.4, -0.2) is 42.7 Å². The highest BCUT2D eigenvalue weighted by atomic mass is 32.2. The van der Waals surface area contributed by atoms with E-state index in [4.69, 9.17) is 0 Å². The molecule has 5 heteroatoms. The molecule has 0 aromatic heterocycles. The Bertz CT molecular complexity index is 498. The Morgan fingerprint density at radius 2 is 2.26 bits per heavy atom. The lowest BCUT2D eigenvalue weighted by molar-refractivity contribution is -0.126. The predicted octanol–water partition coefficient (Wildman–Crippen LogP) is 3.55. The van der Waals surface area contributed by atoms with Crippen LogP contribution in [0, 0.1) is 11.7 Å². The van der Waals surface area contributed by atoms with Gasteiger partial charge in [0.15, 0.2) is 0 Å². The van der Waals surface area contributed by atoms with Crippen LogP contribution >= 0.6 is 11.8 Å². The molecule has 0 bridgehead atoms. The Morgan fingerprint density at radius 3 is 3.04 bits per heavy atom. The van der Waals surface area contributed by atoms with Crippen LogP contribution in [-0.2, 0) is 4.79 Å². The predicted molar refractivity (Wildman–Crippen MR) is 94.2 cm³/mol. The van der Waals surface area contributed by atoms with Crippen LogP contribution in [0.25, 0.3) is 0 Å². The van der Waals surface area contributed by atoms with E-state index in [0.29, 0.717) is 4.90 Å². The quantitative estimate of drug-likeness (QED) is 0.581. The van der Waals surface area contributed by atoms with Crippen molar-refractivity contribution in [2.75, 3.05) is 31.9 Å². The molecule has 1 aromatic carbocycles. The van der Waals surface area contributed by atoms with E-state index < -0.39 is 0 Å². The molecule has 1 aliphatic heterocycles. The molecule has 0 radical (unpaired) electrons. The van der Waals surface area contributed by atoms with E-state index in [1.165, 1.54) is 6.07 Å². The maximum absolute atomic E-state index is 13.6. The average molecular weight is 338 g/mol. The standard InChI is InChI=1S/C18H27FN2OS/c1-2-3-10-20-18(22)15-7-6-11-21(14-15)12-13-23-17-9-5-4-8-16(17)19/h4-5,8-9,15H,2-3,6-7,10-14H2,1H3,(H,20,22). The van der Waals surface area contributed by atoms with Gasteiger partial charge in [0.1, 0.15) is 5.82 Å². The fraction of sp³-hybridized carbons (Fsp3) is 0.611. The first kappa shape index (κ1) is 18.3. The van der Waals surface area contributed by atoms with E-state index in [-0.39, 0.29) is 17.6 Å². The molecule has 0 spiro atoms. The lowest BCUT2D eigenvalue weighted by atomic mass is 9.97. The topological polar surface area (TPSA) is 32.3 Å². The van der Waals surface area contributed by atoms with Crippen LogP contribution in [0.4, 0.5) is 4.39 Å². The van der Waals surface area contributed by atoms with Crippen LogP contribution in [0.2, 0.25) is 0 Å². The lowest BCUT2D eigenvalue weighted by Gasteiger charge is -2.31. The van der Waals surface area contributed by atoms with Gasteiger partial charge >= 0.3 is 0 Å². The monoisotopic (exact) mass is 338 g/mol. The number of hydrogen-bond donors (Lipinski definition) is 1. The second kappa shape index (κ2) is 9.93. The summed E-state index contributed by atoms with van der Waals surface area (Å²) < 4.78 is 13.6. The van der Waals surface area contributed by atoms with Gasteiger partial charge in [0.25, 0.3) is 0 Å². The largest absolute Gasteiger partial charge is 0.356 e. The van der Waals surface area contributed by atoms with Gasteiger partial charge in [0.05, 0.1) is 5.92 Å². The molecule has 1 N–H and O–H groups in total. The number of nitrogens with zero attached hydrogens (tertiary/aromatic N) is 1. The first-order valence-corrected chi connectivity index (χ1v) is 9.56. The molecule has 2 rings (SSSR count). The van der Waals surface area contributed by atoms with Crippen LogP contribution < -0.4 is 5.32 Å². The summed E-state index contributed by atoms with van der Waals surface area (Å²) in [6.07, 6.45) is 4.19. The maximum Gasteiger partial charge on any atom is 0.224 e. The van der Waals surface area contributed by atoms with E-state index in [0.717, 1.165) is 57.6 Å². The third kappa shape index (κ3) is 6.15. The van der Waals surface area contributed by atoms with Crippen LogP contribution in [0.15, 0.2) is 29.2 Å². The number of halogens is 1. The fourth-order valence-corrected chi connectivity index (χ4v) is 3.80. The van der Waals surface area contributed by atoms with E-state index in [1.807, 2.05) is 12.1 Å². The minimum Gasteiger partial charge on any atom is -0.356 e. The van der Waals surface area contributed by atoms with Crippen molar-refractivity contribution in [2.24, 2.45) is 5.92 Å². The number of carbonyl (C=O) groups is 1. The Balaban J connectivity index is 1.71. The van der Waals surface area contributed by atoms with Crippen molar-refractivity contribution >= 4 is 17.7 Å². The second-order valence-corrected chi connectivity index (χ2v) is 7.20. The number of carbonyl (C=O) groups excluding carboxylic acids is 1. The van der Waals surface area contributed by atoms with Crippen LogP contribution in [0.3, 0.4) is 0 Å². The Morgan fingerprint density at radius 1 is 1.43 bits per heavy atom. The van der Waals surface area contributed by atoms with E-state index in [2.05, 4.69) is 17.1 Å². The summed E-state index contributed by atoms with van der Waals surface area (Å²) in [7, 11) is 0. The van der Waals surface area contributed by atoms with Gasteiger partial charge in [-0.15, -0.1) is 11.8 Å². The third-order valence-corrected chi connectivity index (χ3v) is 5.24. The van der Waals surface area contributed by atoms with Crippen molar-refractivity contribution in [1.82, 2.24) is 10.2 Å². The molecular formula is C18H27FN2OS. The van der Waals surface area contributed by atoms with Gasteiger partial charge in [-0.25, -0.2) is 4.39 Å². The molecule has 23 heavy (non-hydrogen) atoms. The van der Waals surface area contributed by atoms with E-state index >= 15 is 0 Å². The smallest absolute Gasteiger partial charge is 0.224 e. The van der Waals surface area contributed by atoms with Crippen molar-refractivity contribution in [3.63, 3.8) is 0 Å². The van der Waals surface area contributed by atoms with Gasteiger partial charge in [0, 0.05) is 30.3 Å². The highest BCUT2D eigenvalue weighted by molar-refractivity contribution is 7.99. The molecule has 0 aliphatic carbocycles. The maximum atomic E-state index is 13.6. The van der Waals surface area contributed by atoms with Gasteiger partial charge in [0.2, 0.25) is 5.91 Å². The molecule has 3 nitrogen and oxygen atoms in total. The van der Waals surface area contributed by atoms with Gasteiger partial charge in [-0.3, -0.25) is 4.79 Å². The zero-order chi connectivity index (χ0) is 16.5. The Labute approximate surface area is 143 Å². The first-order valence-electron chi connectivity index (χ1n) is 8.58. The molecule has 1 saturated heterocycles. The summed E-state index contributed by atoms with van der Waals surface area (Å²) in [5.41, 5.74) is 0. The lowest BCUT2D eigenvalue weighted by Crippen LogP contribution is -2.43. The Kier molecular flexibility index (Phi) is 7.89. The highest BCUT2D eigenvalue weighted by Crippen LogP contribution is 2.22. The summed E-state index contributed by atoms with van der Waals surface area (Å²) in [6, 6.07) is 6.90. The minimum atomic E-state index is -0.149. The van der Waals surface area contributed by atoms with Gasteiger partial charge in [-0.05, 0) is 37.9 Å². The number of thioether (sulfide) groups is 1. The molecule has 1 unspecified atom stereocenters. The zero-order valence-corrected chi connectivity index (χ0v) is 14.7. The number of nitrogens with one attached hydrogen (secondary N) is 1. The SMILES string of the molecule is CCCCNC(=O)C1CCCN(CCSc2ccccc2F)C1. The number of likely N-dealkylation sites (tertiary alicyclic amines) is 1. The molecule has 128 valence electrons. The summed E-state index contributed by atoms with van der Waals surface area (Å²) >= 11 is 1.55. The third-order valence-electron chi connectivity index (χ3n) is 4.21. The summed E-state index contributed by atoms with van der Waals surface area (Å²) in [4.78, 5) is 15.2. The van der Waals surface area contributed by atoms with E-state index in [1.54, 1.807) is 17.8 Å². The summed E-state index contributed by atoms with van der Waals surface area (Å²) in [6.45, 7) is 5.68. The van der Waals surface area contributed by atoms with Gasteiger partial charge in [-0.1, -0.05) is 25.5 Å². The Hall–Kier alpha value is -1.07. The zero-order valence-electron chi connectivity index (χ0n) is 13.9. The van der Waals surface area contributed by atoms with Gasteiger partial charge < -0.3 is 10.2 Å². The molecule has 1 heterocycles. The number of benzene rings is 1. The van der Waals surface area contributed by atoms with Crippen molar-refractivity contribution in [3.05, 3.63) is 30.1 Å². The normalized spacial score (nSPS) is 18.8. The average Bonchev–Trinajstić information content (AvgIpc) is 2.57. The van der Waals surface area contributed by atoms with Crippen LogP contribution in [0.5, 0.6) is 0 Å². The first-order chi connectivity index (χ1) is 11.2. The molecule has 1 aromatic rings. The summed E-state index contributed by atoms with van der Waals surface area (Å²) in [5, 5.41) is 3.04. The molecule has 1 atom stereocenters. The molecule has 1 amide bonds. The van der Waals surface area contributed by atoms with Crippen LogP contribution in [0.1, 0.15) is 32.6 Å². The molecule has 0 saturated carbocycles. The van der Waals surface area contributed by atoms with Crippen molar-refractivity contribution in [2.45, 2.75) is 37.5 Å². The second-order valence-electron chi connectivity index (χ2n) is 6.06. The number of rotatable bonds is 8. The molecule has 1 fully saturated rings. The highest BCUT2D eigenvalue weighted by Gasteiger charge is 2.25. The fourth-order valence-electron chi connectivity index (χ4n) is 2.85. The number of unbranched alkanes of at least 4 members (excludes halogenated alkanes) is 1. The van der Waals surface area contributed by atoms with Gasteiger partial charge in [-0.2, -0.15) is 0 Å².